The van der Waals surface area contributed by atoms with Crippen molar-refractivity contribution in [3.05, 3.63) is 98.4 Å². The summed E-state index contributed by atoms with van der Waals surface area (Å²) in [6.07, 6.45) is 1.52. The number of nitrogens with one attached hydrogen (secondary N) is 1. The predicted octanol–water partition coefficient (Wildman–Crippen LogP) is 4.21. The molecule has 3 aromatic rings. The summed E-state index contributed by atoms with van der Waals surface area (Å²) < 4.78 is 58.6. The highest BCUT2D eigenvalue weighted by Crippen LogP contribution is 2.40. The molecule has 0 fully saturated rings. The van der Waals surface area contributed by atoms with Crippen molar-refractivity contribution in [3.63, 3.8) is 0 Å². The summed E-state index contributed by atoms with van der Waals surface area (Å²) in [5.74, 6) is -4.19. The lowest BCUT2D eigenvalue weighted by atomic mass is 10.2. The van der Waals surface area contributed by atoms with Crippen LogP contribution in [0.5, 0.6) is 5.75 Å². The van der Waals surface area contributed by atoms with Crippen LogP contribution in [-0.2, 0) is 25.2 Å². The molecule has 0 bridgehead atoms. The van der Waals surface area contributed by atoms with Gasteiger partial charge in [-0.3, -0.25) is 14.9 Å². The van der Waals surface area contributed by atoms with Crippen molar-refractivity contribution in [1.29, 1.82) is 0 Å². The molecule has 0 atom stereocenters. The van der Waals surface area contributed by atoms with Gasteiger partial charge in [0.15, 0.2) is 9.84 Å². The third-order valence-corrected chi connectivity index (χ3v) is 7.79. The number of rotatable bonds is 7. The van der Waals surface area contributed by atoms with Crippen molar-refractivity contribution < 1.29 is 36.4 Å². The van der Waals surface area contributed by atoms with E-state index in [9.17, 15) is 36.9 Å². The first-order valence-corrected chi connectivity index (χ1v) is 12.9. The largest absolute Gasteiger partial charge is 0.422 e. The van der Waals surface area contributed by atoms with Crippen LogP contribution in [0.25, 0.3) is 6.08 Å². The van der Waals surface area contributed by atoms with Gasteiger partial charge in [-0.05, 0) is 54.1 Å². The molecular weight excluding hydrogens is 530 g/mol. The molecule has 0 radical (unpaired) electrons. The number of amides is 1. The molecule has 0 aromatic heterocycles. The second-order valence-corrected chi connectivity index (χ2v) is 10.8. The van der Waals surface area contributed by atoms with Crippen molar-refractivity contribution in [3.8, 4) is 5.75 Å². The number of halogens is 2. The van der Waals surface area contributed by atoms with Crippen LogP contribution in [0.2, 0.25) is 0 Å². The monoisotopic (exact) mass is 546 g/mol. The molecule has 13 heteroatoms. The summed E-state index contributed by atoms with van der Waals surface area (Å²) in [4.78, 5) is 34.0. The van der Waals surface area contributed by atoms with E-state index in [1.807, 2.05) is 0 Å². The fourth-order valence-electron chi connectivity index (χ4n) is 3.32. The Hall–Kier alpha value is -4.10. The van der Waals surface area contributed by atoms with Crippen LogP contribution in [0.1, 0.15) is 11.1 Å². The summed E-state index contributed by atoms with van der Waals surface area (Å²) in [6, 6.07) is 12.9. The number of fused-ring (bicyclic) bond motifs is 1. The number of carbonyl (C=O) groups excluding carboxylic acids is 2. The topological polar surface area (TPSA) is 133 Å². The normalized spacial score (nSPS) is 14.1. The Balaban J connectivity index is 1.54. The molecule has 1 aliphatic heterocycles. The molecule has 0 saturated heterocycles. The number of benzene rings is 3. The first-order chi connectivity index (χ1) is 17.5. The fraction of sp³-hybridized carbons (Fsp3) is 0.0833. The minimum absolute atomic E-state index is 0.0845. The van der Waals surface area contributed by atoms with Crippen LogP contribution >= 0.6 is 11.8 Å². The van der Waals surface area contributed by atoms with Gasteiger partial charge in [-0.25, -0.2) is 22.0 Å². The number of ether oxygens (including phenoxy) is 1. The summed E-state index contributed by atoms with van der Waals surface area (Å²) in [5, 5.41) is 13.0. The Morgan fingerprint density at radius 1 is 1.08 bits per heavy atom. The molecule has 0 aliphatic carbocycles. The molecule has 190 valence electrons. The van der Waals surface area contributed by atoms with E-state index in [4.69, 9.17) is 4.74 Å². The summed E-state index contributed by atoms with van der Waals surface area (Å²) in [7, 11) is -4.11. The van der Waals surface area contributed by atoms with Crippen LogP contribution in [0.3, 0.4) is 0 Å². The lowest BCUT2D eigenvalue weighted by Crippen LogP contribution is -2.19. The van der Waals surface area contributed by atoms with Gasteiger partial charge in [0.1, 0.15) is 17.4 Å². The smallest absolute Gasteiger partial charge is 0.383 e. The van der Waals surface area contributed by atoms with Crippen LogP contribution in [0.4, 0.5) is 14.5 Å². The van der Waals surface area contributed by atoms with Gasteiger partial charge < -0.3 is 10.1 Å². The highest BCUT2D eigenvalue weighted by atomic mass is 32.2. The first kappa shape index (κ1) is 26.0. The first-order valence-electron chi connectivity index (χ1n) is 10.4. The van der Waals surface area contributed by atoms with E-state index in [2.05, 4.69) is 5.32 Å². The molecule has 3 aromatic carbocycles. The Kier molecular flexibility index (Phi) is 7.36. The van der Waals surface area contributed by atoms with E-state index in [1.165, 1.54) is 48.5 Å². The SMILES string of the molecule is O=C(C[N+](=O)[O-])Oc1ccc(/C=C2\Sc3cc(S(=O)(=O)Cc4c(F)cccc4F)ccc3NC2=O)cc1. The molecule has 0 saturated carbocycles. The minimum Gasteiger partial charge on any atom is -0.422 e. The maximum absolute atomic E-state index is 14.0. The molecule has 0 unspecified atom stereocenters. The van der Waals surface area contributed by atoms with Crippen LogP contribution in [-0.4, -0.2) is 31.8 Å². The molecular formula is C24H16F2N2O7S2. The van der Waals surface area contributed by atoms with Gasteiger partial charge in [0.05, 0.1) is 21.2 Å². The van der Waals surface area contributed by atoms with E-state index in [0.717, 1.165) is 30.0 Å². The second kappa shape index (κ2) is 10.5. The van der Waals surface area contributed by atoms with E-state index in [1.54, 1.807) is 0 Å². The average Bonchev–Trinajstić information content (AvgIpc) is 2.82. The molecule has 0 spiro atoms. The third-order valence-electron chi connectivity index (χ3n) is 5.07. The minimum atomic E-state index is -4.11. The zero-order chi connectivity index (χ0) is 26.7. The van der Waals surface area contributed by atoms with Crippen LogP contribution < -0.4 is 10.1 Å². The number of thioether (sulfide) groups is 1. The number of anilines is 1. The number of carbonyl (C=O) groups is 2. The van der Waals surface area contributed by atoms with Crippen molar-refractivity contribution in [2.75, 3.05) is 11.9 Å². The summed E-state index contributed by atoms with van der Waals surface area (Å²) in [6.45, 7) is -0.977. The number of hydrogen-bond acceptors (Lipinski definition) is 8. The van der Waals surface area contributed by atoms with E-state index < -0.39 is 56.1 Å². The van der Waals surface area contributed by atoms with Crippen molar-refractivity contribution in [1.82, 2.24) is 0 Å². The standard InChI is InChI=1S/C24H16F2N2O7S2/c25-18-2-1-3-19(26)17(18)13-37(33,34)16-8-9-20-21(11-16)36-22(24(30)27-20)10-14-4-6-15(7-5-14)35-23(29)12-28(31)32/h1-11H,12-13H2,(H,27,30)/b22-10-. The molecule has 9 nitrogen and oxygen atoms in total. The third kappa shape index (κ3) is 6.19. The highest BCUT2D eigenvalue weighted by Gasteiger charge is 2.26. The Morgan fingerprint density at radius 3 is 2.41 bits per heavy atom. The fourth-order valence-corrected chi connectivity index (χ4v) is 5.78. The summed E-state index contributed by atoms with van der Waals surface area (Å²) in [5.41, 5.74) is 0.347. The van der Waals surface area contributed by atoms with Crippen molar-refractivity contribution in [2.24, 2.45) is 0 Å². The quantitative estimate of drug-likeness (QED) is 0.153. The zero-order valence-corrected chi connectivity index (χ0v) is 20.3. The maximum atomic E-state index is 14.0. The van der Waals surface area contributed by atoms with Gasteiger partial charge in [0, 0.05) is 15.4 Å². The van der Waals surface area contributed by atoms with Crippen molar-refractivity contribution in [2.45, 2.75) is 15.5 Å². The van der Waals surface area contributed by atoms with Gasteiger partial charge in [0.25, 0.3) is 12.5 Å². The predicted molar refractivity (Wildman–Crippen MR) is 130 cm³/mol. The van der Waals surface area contributed by atoms with Crippen LogP contribution in [0, 0.1) is 21.7 Å². The number of nitro groups is 1. The van der Waals surface area contributed by atoms with Gasteiger partial charge in [-0.1, -0.05) is 30.0 Å². The zero-order valence-electron chi connectivity index (χ0n) is 18.6. The Bertz CT molecular complexity index is 1540. The van der Waals surface area contributed by atoms with E-state index in [0.29, 0.717) is 16.1 Å². The highest BCUT2D eigenvalue weighted by molar-refractivity contribution is 8.04. The molecule has 37 heavy (non-hydrogen) atoms. The lowest BCUT2D eigenvalue weighted by molar-refractivity contribution is -0.469. The Labute approximate surface area is 213 Å². The second-order valence-electron chi connectivity index (χ2n) is 7.72. The lowest BCUT2D eigenvalue weighted by Gasteiger charge is -2.19. The maximum Gasteiger partial charge on any atom is 0.383 e. The number of esters is 1. The molecule has 1 amide bonds. The van der Waals surface area contributed by atoms with Gasteiger partial charge in [-0.15, -0.1) is 0 Å². The molecule has 1 N–H and O–H groups in total. The molecule has 1 aliphatic rings. The van der Waals surface area contributed by atoms with Gasteiger partial charge in [0.2, 0.25) is 0 Å². The average molecular weight is 547 g/mol. The van der Waals surface area contributed by atoms with Crippen molar-refractivity contribution >= 4 is 45.2 Å². The number of sulfone groups is 1. The van der Waals surface area contributed by atoms with E-state index in [-0.39, 0.29) is 15.6 Å². The molecule has 1 heterocycles. The van der Waals surface area contributed by atoms with Gasteiger partial charge in [-0.2, -0.15) is 0 Å². The number of nitrogens with zero attached hydrogens (tertiary/aromatic N) is 1. The number of hydrogen-bond donors (Lipinski definition) is 1. The Morgan fingerprint density at radius 2 is 1.76 bits per heavy atom. The summed E-state index contributed by atoms with van der Waals surface area (Å²) >= 11 is 1.00. The van der Waals surface area contributed by atoms with Gasteiger partial charge >= 0.3 is 5.97 Å². The van der Waals surface area contributed by atoms with Crippen LogP contribution in [0.15, 0.2) is 75.4 Å². The molecule has 4 rings (SSSR count). The van der Waals surface area contributed by atoms with E-state index >= 15 is 0 Å².